The number of benzene rings is 3. The Morgan fingerprint density at radius 2 is 1.44 bits per heavy atom. The van der Waals surface area contributed by atoms with Crippen molar-refractivity contribution in [1.29, 1.82) is 0 Å². The van der Waals surface area contributed by atoms with Gasteiger partial charge in [-0.25, -0.2) is 0 Å². The molecule has 0 aliphatic carbocycles. The fraction of sp³-hybridized carbons (Fsp3) is 0. The van der Waals surface area contributed by atoms with Crippen molar-refractivity contribution in [2.24, 2.45) is 0 Å². The first-order valence-electron chi connectivity index (χ1n) is 5.75. The summed E-state index contributed by atoms with van der Waals surface area (Å²) in [7, 11) is 0. The monoisotopic (exact) mass is 236 g/mol. The zero-order valence-electron chi connectivity index (χ0n) is 9.67. The Kier molecular flexibility index (Phi) is 2.41. The van der Waals surface area contributed by atoms with Gasteiger partial charge in [-0.1, -0.05) is 36.4 Å². The Balaban J connectivity index is 2.20. The molecule has 0 amide bonds. The fourth-order valence-electron chi connectivity index (χ4n) is 2.13. The normalized spacial score (nSPS) is 10.7. The molecule has 3 aromatic carbocycles. The lowest BCUT2D eigenvalue weighted by Gasteiger charge is -2.05. The lowest BCUT2D eigenvalue weighted by molar-refractivity contribution is 0.475. The SMILES string of the molecule is Oc1cccc(-c2ccc3c(O)cccc3c2)c1. The summed E-state index contributed by atoms with van der Waals surface area (Å²) in [6.45, 7) is 0. The largest absolute Gasteiger partial charge is 0.508 e. The Hall–Kier alpha value is -2.48. The smallest absolute Gasteiger partial charge is 0.123 e. The van der Waals surface area contributed by atoms with Crippen LogP contribution in [0.5, 0.6) is 11.5 Å². The van der Waals surface area contributed by atoms with Crippen LogP contribution in [0.3, 0.4) is 0 Å². The van der Waals surface area contributed by atoms with Gasteiger partial charge in [-0.2, -0.15) is 0 Å². The van der Waals surface area contributed by atoms with Gasteiger partial charge in [0.25, 0.3) is 0 Å². The van der Waals surface area contributed by atoms with Crippen LogP contribution in [-0.2, 0) is 0 Å². The van der Waals surface area contributed by atoms with Gasteiger partial charge >= 0.3 is 0 Å². The number of phenols is 2. The summed E-state index contributed by atoms with van der Waals surface area (Å²) >= 11 is 0. The number of fused-ring (bicyclic) bond motifs is 1. The van der Waals surface area contributed by atoms with Crippen LogP contribution in [0.2, 0.25) is 0 Å². The van der Waals surface area contributed by atoms with Gasteiger partial charge in [0.2, 0.25) is 0 Å². The Morgan fingerprint density at radius 3 is 2.28 bits per heavy atom. The van der Waals surface area contributed by atoms with Gasteiger partial charge in [-0.3, -0.25) is 0 Å². The van der Waals surface area contributed by atoms with E-state index in [0.29, 0.717) is 0 Å². The first kappa shape index (κ1) is 10.7. The quantitative estimate of drug-likeness (QED) is 0.672. The molecule has 18 heavy (non-hydrogen) atoms. The topological polar surface area (TPSA) is 40.5 Å². The molecule has 2 nitrogen and oxygen atoms in total. The Bertz CT molecular complexity index is 717. The minimum atomic E-state index is 0.253. The molecule has 2 N–H and O–H groups in total. The highest BCUT2D eigenvalue weighted by atomic mass is 16.3. The van der Waals surface area contributed by atoms with Crippen molar-refractivity contribution in [1.82, 2.24) is 0 Å². The molecule has 3 aromatic rings. The second-order valence-corrected chi connectivity index (χ2v) is 4.26. The van der Waals surface area contributed by atoms with Gasteiger partial charge in [0, 0.05) is 5.39 Å². The first-order chi connectivity index (χ1) is 8.74. The van der Waals surface area contributed by atoms with E-state index in [1.807, 2.05) is 42.5 Å². The van der Waals surface area contributed by atoms with Crippen LogP contribution in [0.1, 0.15) is 0 Å². The standard InChI is InChI=1S/C16H12O2/c17-14-5-1-3-11(10-14)12-7-8-15-13(9-12)4-2-6-16(15)18/h1-10,17-18H. The van der Waals surface area contributed by atoms with Crippen molar-refractivity contribution < 1.29 is 10.2 Å². The van der Waals surface area contributed by atoms with Crippen molar-refractivity contribution in [2.75, 3.05) is 0 Å². The van der Waals surface area contributed by atoms with Gasteiger partial charge in [-0.15, -0.1) is 0 Å². The van der Waals surface area contributed by atoms with Crippen LogP contribution in [0.15, 0.2) is 60.7 Å². The van der Waals surface area contributed by atoms with E-state index in [2.05, 4.69) is 0 Å². The van der Waals surface area contributed by atoms with Crippen LogP contribution in [-0.4, -0.2) is 10.2 Å². The van der Waals surface area contributed by atoms with Crippen molar-refractivity contribution in [3.05, 3.63) is 60.7 Å². The minimum absolute atomic E-state index is 0.253. The molecule has 0 saturated heterocycles. The third-order valence-corrected chi connectivity index (χ3v) is 3.04. The molecule has 0 radical (unpaired) electrons. The maximum atomic E-state index is 9.74. The summed E-state index contributed by atoms with van der Waals surface area (Å²) in [6.07, 6.45) is 0. The maximum Gasteiger partial charge on any atom is 0.123 e. The third-order valence-electron chi connectivity index (χ3n) is 3.04. The van der Waals surface area contributed by atoms with Gasteiger partial charge < -0.3 is 10.2 Å². The van der Waals surface area contributed by atoms with Crippen LogP contribution in [0.25, 0.3) is 21.9 Å². The van der Waals surface area contributed by atoms with Crippen molar-refractivity contribution >= 4 is 10.8 Å². The molecule has 0 unspecified atom stereocenters. The Morgan fingerprint density at radius 1 is 0.667 bits per heavy atom. The second-order valence-electron chi connectivity index (χ2n) is 4.26. The van der Waals surface area contributed by atoms with Crippen LogP contribution in [0.4, 0.5) is 0 Å². The number of rotatable bonds is 1. The summed E-state index contributed by atoms with van der Waals surface area (Å²) in [5.41, 5.74) is 1.98. The van der Waals surface area contributed by atoms with E-state index in [4.69, 9.17) is 0 Å². The van der Waals surface area contributed by atoms with Crippen LogP contribution in [0, 0.1) is 0 Å². The highest BCUT2D eigenvalue weighted by Crippen LogP contribution is 2.30. The summed E-state index contributed by atoms with van der Waals surface area (Å²) in [6, 6.07) is 18.4. The van der Waals surface area contributed by atoms with E-state index >= 15 is 0 Å². The van der Waals surface area contributed by atoms with E-state index in [9.17, 15) is 10.2 Å². The zero-order chi connectivity index (χ0) is 12.5. The van der Waals surface area contributed by atoms with E-state index in [1.165, 1.54) is 0 Å². The summed E-state index contributed by atoms with van der Waals surface area (Å²) in [5, 5.41) is 21.0. The third kappa shape index (κ3) is 1.78. The van der Waals surface area contributed by atoms with Gasteiger partial charge in [0.15, 0.2) is 0 Å². The molecule has 3 rings (SSSR count). The molecule has 0 heterocycles. The summed E-state index contributed by atoms with van der Waals surface area (Å²) in [5.74, 6) is 0.540. The summed E-state index contributed by atoms with van der Waals surface area (Å²) < 4.78 is 0. The molecule has 88 valence electrons. The van der Waals surface area contributed by atoms with Crippen molar-refractivity contribution in [3.8, 4) is 22.6 Å². The molecule has 0 aliphatic heterocycles. The Labute approximate surface area is 105 Å². The molecule has 0 bridgehead atoms. The maximum absolute atomic E-state index is 9.74. The van der Waals surface area contributed by atoms with E-state index in [1.54, 1.807) is 18.2 Å². The van der Waals surface area contributed by atoms with Crippen molar-refractivity contribution in [2.45, 2.75) is 0 Å². The van der Waals surface area contributed by atoms with E-state index in [0.717, 1.165) is 21.9 Å². The number of phenolic OH excluding ortho intramolecular Hbond substituents is 2. The number of hydrogen-bond donors (Lipinski definition) is 2. The molecule has 0 aliphatic rings. The molecular weight excluding hydrogens is 224 g/mol. The predicted molar refractivity (Wildman–Crippen MR) is 72.7 cm³/mol. The molecular formula is C16H12O2. The molecule has 0 aromatic heterocycles. The van der Waals surface area contributed by atoms with Gasteiger partial charge in [0.05, 0.1) is 0 Å². The second kappa shape index (κ2) is 4.08. The lowest BCUT2D eigenvalue weighted by atomic mass is 10.0. The minimum Gasteiger partial charge on any atom is -0.508 e. The number of hydrogen-bond acceptors (Lipinski definition) is 2. The van der Waals surface area contributed by atoms with Crippen LogP contribution < -0.4 is 0 Å². The fourth-order valence-corrected chi connectivity index (χ4v) is 2.13. The zero-order valence-corrected chi connectivity index (χ0v) is 9.67. The van der Waals surface area contributed by atoms with Gasteiger partial charge in [0.1, 0.15) is 11.5 Å². The molecule has 0 spiro atoms. The average molecular weight is 236 g/mol. The molecule has 0 fully saturated rings. The van der Waals surface area contributed by atoms with Crippen LogP contribution >= 0.6 is 0 Å². The molecule has 2 heteroatoms. The number of aromatic hydroxyl groups is 2. The highest BCUT2D eigenvalue weighted by Gasteiger charge is 2.03. The van der Waals surface area contributed by atoms with E-state index < -0.39 is 0 Å². The van der Waals surface area contributed by atoms with Gasteiger partial charge in [-0.05, 0) is 40.8 Å². The van der Waals surface area contributed by atoms with Crippen molar-refractivity contribution in [3.63, 3.8) is 0 Å². The highest BCUT2D eigenvalue weighted by molar-refractivity contribution is 5.91. The predicted octanol–water partition coefficient (Wildman–Crippen LogP) is 3.92. The lowest BCUT2D eigenvalue weighted by Crippen LogP contribution is -1.79. The summed E-state index contributed by atoms with van der Waals surface area (Å²) in [4.78, 5) is 0. The molecule has 0 atom stereocenters. The first-order valence-corrected chi connectivity index (χ1v) is 5.75. The average Bonchev–Trinajstić information content (AvgIpc) is 2.39. The molecule has 0 saturated carbocycles. The van der Waals surface area contributed by atoms with E-state index in [-0.39, 0.29) is 11.5 Å².